The number of anilines is 1. The van der Waals surface area contributed by atoms with Crippen LogP contribution in [-0.4, -0.2) is 33.5 Å². The lowest BCUT2D eigenvalue weighted by molar-refractivity contribution is -0.148. The second-order valence-electron chi connectivity index (χ2n) is 6.44. The Balaban J connectivity index is 2.08. The molecule has 0 unspecified atom stereocenters. The summed E-state index contributed by atoms with van der Waals surface area (Å²) in [6.45, 7) is 5.96. The molecule has 4 heterocycles. The molecule has 21 heavy (non-hydrogen) atoms. The molecule has 2 bridgehead atoms. The van der Waals surface area contributed by atoms with Gasteiger partial charge in [0.05, 0.1) is 0 Å². The number of fused-ring (bicyclic) bond motifs is 3. The van der Waals surface area contributed by atoms with Crippen LogP contribution in [0.3, 0.4) is 0 Å². The van der Waals surface area contributed by atoms with Crippen LogP contribution in [0.15, 0.2) is 24.3 Å². The SMILES string of the molecule is CN1C(=O)[C@]23SS[C@@]1(C)C(=O)N2c1ccccc1C3(C)C. The van der Waals surface area contributed by atoms with E-state index in [9.17, 15) is 9.59 Å². The number of carbonyl (C=O) groups is 2. The van der Waals surface area contributed by atoms with E-state index in [1.54, 1.807) is 16.8 Å². The Morgan fingerprint density at radius 1 is 1.00 bits per heavy atom. The van der Waals surface area contributed by atoms with Gasteiger partial charge in [0.2, 0.25) is 0 Å². The first-order chi connectivity index (χ1) is 9.78. The first-order valence-electron chi connectivity index (χ1n) is 6.88. The van der Waals surface area contributed by atoms with Crippen LogP contribution in [0.1, 0.15) is 26.3 Å². The average Bonchev–Trinajstić information content (AvgIpc) is 2.66. The van der Waals surface area contributed by atoms with E-state index < -0.39 is 15.2 Å². The molecule has 0 radical (unpaired) electrons. The average molecular weight is 320 g/mol. The fraction of sp³-hybridized carbons (Fsp3) is 0.467. The fourth-order valence-electron chi connectivity index (χ4n) is 3.63. The smallest absolute Gasteiger partial charge is 0.265 e. The highest BCUT2D eigenvalue weighted by Crippen LogP contribution is 2.69. The van der Waals surface area contributed by atoms with E-state index in [0.717, 1.165) is 11.3 Å². The lowest BCUT2D eigenvalue weighted by atomic mass is 9.78. The summed E-state index contributed by atoms with van der Waals surface area (Å²) in [6.07, 6.45) is 0. The number of piperazine rings is 1. The van der Waals surface area contributed by atoms with E-state index in [0.29, 0.717) is 0 Å². The second kappa shape index (κ2) is 3.60. The molecular weight excluding hydrogens is 304 g/mol. The van der Waals surface area contributed by atoms with Gasteiger partial charge in [0.1, 0.15) is 0 Å². The van der Waals surface area contributed by atoms with Gasteiger partial charge in [0.15, 0.2) is 9.74 Å². The summed E-state index contributed by atoms with van der Waals surface area (Å²) >= 11 is 0. The molecule has 3 saturated heterocycles. The summed E-state index contributed by atoms with van der Waals surface area (Å²) < 4.78 is 0. The third-order valence-corrected chi connectivity index (χ3v) is 9.05. The third-order valence-electron chi connectivity index (χ3n) is 5.14. The molecule has 2 atom stereocenters. The highest BCUT2D eigenvalue weighted by Gasteiger charge is 2.75. The maximum Gasteiger partial charge on any atom is 0.265 e. The van der Waals surface area contributed by atoms with Crippen LogP contribution in [0, 0.1) is 0 Å². The summed E-state index contributed by atoms with van der Waals surface area (Å²) in [5.41, 5.74) is 1.52. The molecule has 0 aromatic heterocycles. The molecule has 0 N–H and O–H groups in total. The van der Waals surface area contributed by atoms with Gasteiger partial charge in [-0.3, -0.25) is 14.5 Å². The summed E-state index contributed by atoms with van der Waals surface area (Å²) in [7, 11) is 4.79. The zero-order valence-corrected chi connectivity index (χ0v) is 14.0. The van der Waals surface area contributed by atoms with Crippen molar-refractivity contribution >= 4 is 39.1 Å². The number of hydrogen-bond acceptors (Lipinski definition) is 4. The normalized spacial score (nSPS) is 36.0. The van der Waals surface area contributed by atoms with Crippen LogP contribution in [-0.2, 0) is 15.0 Å². The molecule has 0 saturated carbocycles. The summed E-state index contributed by atoms with van der Waals surface area (Å²) in [6, 6.07) is 7.88. The number of para-hydroxylation sites is 1. The second-order valence-corrected chi connectivity index (χ2v) is 9.16. The van der Waals surface area contributed by atoms with Crippen molar-refractivity contribution in [2.75, 3.05) is 11.9 Å². The fourth-order valence-corrected chi connectivity index (χ4v) is 7.51. The molecule has 4 aliphatic heterocycles. The zero-order valence-electron chi connectivity index (χ0n) is 12.3. The minimum atomic E-state index is -0.870. The topological polar surface area (TPSA) is 40.6 Å². The Morgan fingerprint density at radius 3 is 2.38 bits per heavy atom. The van der Waals surface area contributed by atoms with Gasteiger partial charge in [-0.2, -0.15) is 0 Å². The van der Waals surface area contributed by atoms with Gasteiger partial charge in [-0.1, -0.05) is 53.6 Å². The Kier molecular flexibility index (Phi) is 2.32. The first-order valence-corrected chi connectivity index (χ1v) is 9.03. The van der Waals surface area contributed by atoms with Crippen molar-refractivity contribution in [3.63, 3.8) is 0 Å². The molecule has 4 aliphatic rings. The quantitative estimate of drug-likeness (QED) is 0.689. The van der Waals surface area contributed by atoms with Gasteiger partial charge in [-0.15, -0.1) is 0 Å². The maximum absolute atomic E-state index is 13.1. The van der Waals surface area contributed by atoms with Gasteiger partial charge in [-0.25, -0.2) is 0 Å². The lowest BCUT2D eigenvalue weighted by Crippen LogP contribution is -2.78. The van der Waals surface area contributed by atoms with E-state index in [1.165, 1.54) is 21.6 Å². The summed E-state index contributed by atoms with van der Waals surface area (Å²) in [5.74, 6) is 0.0286. The van der Waals surface area contributed by atoms with E-state index in [-0.39, 0.29) is 11.8 Å². The Labute approximate surface area is 131 Å². The van der Waals surface area contributed by atoms with Crippen molar-refractivity contribution < 1.29 is 9.59 Å². The molecular formula is C15H16N2O2S2. The number of rotatable bonds is 0. The Bertz CT molecular complexity index is 705. The van der Waals surface area contributed by atoms with Gasteiger partial charge < -0.3 is 4.90 Å². The number of carbonyl (C=O) groups excluding carboxylic acids is 2. The van der Waals surface area contributed by atoms with Crippen molar-refractivity contribution in [1.29, 1.82) is 0 Å². The number of likely N-dealkylation sites (N-methyl/N-ethyl adjacent to an activating group) is 1. The number of benzene rings is 1. The molecule has 1 aromatic carbocycles. The van der Waals surface area contributed by atoms with Crippen molar-refractivity contribution in [2.45, 2.75) is 35.9 Å². The number of nitrogens with zero attached hydrogens (tertiary/aromatic N) is 2. The predicted molar refractivity (Wildman–Crippen MR) is 86.0 cm³/mol. The van der Waals surface area contributed by atoms with Crippen LogP contribution in [0.4, 0.5) is 5.69 Å². The molecule has 0 aliphatic carbocycles. The van der Waals surface area contributed by atoms with Crippen molar-refractivity contribution in [2.24, 2.45) is 0 Å². The zero-order chi connectivity index (χ0) is 15.2. The lowest BCUT2D eigenvalue weighted by Gasteiger charge is -2.59. The molecule has 6 heteroatoms. The highest BCUT2D eigenvalue weighted by atomic mass is 33.1. The van der Waals surface area contributed by atoms with Gasteiger partial charge in [0.25, 0.3) is 11.8 Å². The van der Waals surface area contributed by atoms with Crippen LogP contribution in [0.2, 0.25) is 0 Å². The van der Waals surface area contributed by atoms with Crippen molar-refractivity contribution in [3.8, 4) is 0 Å². The Morgan fingerprint density at radius 2 is 1.67 bits per heavy atom. The van der Waals surface area contributed by atoms with Gasteiger partial charge >= 0.3 is 0 Å². The molecule has 3 fully saturated rings. The van der Waals surface area contributed by atoms with Crippen LogP contribution >= 0.6 is 21.6 Å². The Hall–Kier alpha value is -1.14. The molecule has 2 amide bonds. The van der Waals surface area contributed by atoms with E-state index in [2.05, 4.69) is 13.8 Å². The summed E-state index contributed by atoms with van der Waals surface area (Å²) in [5, 5.41) is 0. The summed E-state index contributed by atoms with van der Waals surface area (Å²) in [4.78, 5) is 27.9. The molecule has 4 nitrogen and oxygen atoms in total. The highest BCUT2D eigenvalue weighted by molar-refractivity contribution is 8.78. The predicted octanol–water partition coefficient (Wildman–Crippen LogP) is 2.59. The number of amides is 2. The first kappa shape index (κ1) is 13.5. The molecule has 110 valence electrons. The van der Waals surface area contributed by atoms with Crippen LogP contribution in [0.25, 0.3) is 0 Å². The molecule has 1 spiro atoms. The largest absolute Gasteiger partial charge is 0.319 e. The van der Waals surface area contributed by atoms with Crippen LogP contribution in [0.5, 0.6) is 0 Å². The van der Waals surface area contributed by atoms with Gasteiger partial charge in [-0.05, 0) is 18.6 Å². The molecule has 1 aromatic rings. The number of hydrogen-bond donors (Lipinski definition) is 0. The van der Waals surface area contributed by atoms with Gasteiger partial charge in [0, 0.05) is 18.2 Å². The van der Waals surface area contributed by atoms with Crippen LogP contribution < -0.4 is 4.90 Å². The minimum absolute atomic E-state index is 0.00590. The monoisotopic (exact) mass is 320 g/mol. The maximum atomic E-state index is 13.1. The third kappa shape index (κ3) is 1.16. The van der Waals surface area contributed by atoms with E-state index in [4.69, 9.17) is 0 Å². The van der Waals surface area contributed by atoms with Crippen molar-refractivity contribution in [1.82, 2.24) is 4.90 Å². The minimum Gasteiger partial charge on any atom is -0.319 e. The van der Waals surface area contributed by atoms with E-state index in [1.807, 2.05) is 31.2 Å². The standard InChI is InChI=1S/C15H16N2O2S2/c1-13(2)9-7-5-6-8-10(9)17-11(18)14(3)16(4)12(19)15(13,17)21-20-14/h5-8H,1-4H3/t14-,15+/m0/s1. The van der Waals surface area contributed by atoms with E-state index >= 15 is 0 Å². The van der Waals surface area contributed by atoms with Crippen molar-refractivity contribution in [3.05, 3.63) is 29.8 Å². The molecule has 5 rings (SSSR count).